The first-order valence-electron chi connectivity index (χ1n) is 5.11. The molecule has 0 aliphatic heterocycles. The van der Waals surface area contributed by atoms with Crippen LogP contribution in [0.25, 0.3) is 0 Å². The Balaban J connectivity index is 2.45. The summed E-state index contributed by atoms with van der Waals surface area (Å²) < 4.78 is 0. The molecule has 0 radical (unpaired) electrons. The Bertz CT molecular complexity index is 308. The summed E-state index contributed by atoms with van der Waals surface area (Å²) in [5.41, 5.74) is 17.4. The maximum Gasteiger partial charge on any atom is 0.0905 e. The number of nitrogens with two attached hydrogens (primary N) is 2. The Kier molecular flexibility index (Phi) is 1.86. The predicted octanol–water partition coefficient (Wildman–Crippen LogP) is 1.82. The zero-order chi connectivity index (χ0) is 9.64. The number of hydrogen-bond acceptors (Lipinski definition) is 2. The van der Waals surface area contributed by atoms with E-state index in [2.05, 4.69) is 13.8 Å². The fourth-order valence-electron chi connectivity index (χ4n) is 2.79. The summed E-state index contributed by atoms with van der Waals surface area (Å²) in [6, 6.07) is 0. The van der Waals surface area contributed by atoms with Crippen LogP contribution in [0.4, 0.5) is 0 Å². The van der Waals surface area contributed by atoms with Gasteiger partial charge < -0.3 is 11.5 Å². The lowest BCUT2D eigenvalue weighted by atomic mass is 9.89. The average molecular weight is 178 g/mol. The Hall–Kier alpha value is -0.600. The quantitative estimate of drug-likeness (QED) is 0.634. The Morgan fingerprint density at radius 3 is 2.31 bits per heavy atom. The first-order valence-corrected chi connectivity index (χ1v) is 5.11. The van der Waals surface area contributed by atoms with Gasteiger partial charge in [0.1, 0.15) is 0 Å². The smallest absolute Gasteiger partial charge is 0.0905 e. The molecule has 0 heterocycles. The molecule has 0 saturated heterocycles. The third-order valence-corrected chi connectivity index (χ3v) is 3.32. The highest BCUT2D eigenvalue weighted by Gasteiger charge is 2.41. The van der Waals surface area contributed by atoms with E-state index in [1.165, 1.54) is 16.7 Å². The van der Waals surface area contributed by atoms with Gasteiger partial charge in [0.15, 0.2) is 0 Å². The van der Waals surface area contributed by atoms with Crippen LogP contribution in [0.15, 0.2) is 22.3 Å². The molecule has 0 unspecified atom stereocenters. The van der Waals surface area contributed by atoms with Gasteiger partial charge in [0, 0.05) is 6.42 Å². The van der Waals surface area contributed by atoms with E-state index >= 15 is 0 Å². The molecule has 2 aliphatic carbocycles. The lowest BCUT2D eigenvalue weighted by Crippen LogP contribution is -2.49. The van der Waals surface area contributed by atoms with Crippen molar-refractivity contribution in [2.45, 2.75) is 45.2 Å². The normalized spacial score (nSPS) is 24.9. The van der Waals surface area contributed by atoms with Crippen LogP contribution in [0.1, 0.15) is 39.5 Å². The van der Waals surface area contributed by atoms with Crippen LogP contribution in [0.3, 0.4) is 0 Å². The molecule has 0 atom stereocenters. The van der Waals surface area contributed by atoms with Crippen molar-refractivity contribution in [1.29, 1.82) is 0 Å². The molecule has 0 aromatic rings. The van der Waals surface area contributed by atoms with Gasteiger partial charge in [-0.3, -0.25) is 0 Å². The summed E-state index contributed by atoms with van der Waals surface area (Å²) in [5.74, 6) is 0. The van der Waals surface area contributed by atoms with Crippen LogP contribution >= 0.6 is 0 Å². The zero-order valence-electron chi connectivity index (χ0n) is 8.48. The molecule has 0 aromatic heterocycles. The molecule has 2 bridgehead atoms. The third kappa shape index (κ3) is 1.09. The maximum atomic E-state index is 6.03. The van der Waals surface area contributed by atoms with E-state index in [1.54, 1.807) is 5.57 Å². The lowest BCUT2D eigenvalue weighted by Gasteiger charge is -2.26. The topological polar surface area (TPSA) is 52.0 Å². The molecule has 2 rings (SSSR count). The van der Waals surface area contributed by atoms with Crippen LogP contribution in [-0.2, 0) is 0 Å². The number of fused-ring (bicyclic) bond motifs is 2. The summed E-state index contributed by atoms with van der Waals surface area (Å²) >= 11 is 0. The molecule has 2 heteroatoms. The van der Waals surface area contributed by atoms with Gasteiger partial charge in [-0.05, 0) is 36.0 Å². The van der Waals surface area contributed by atoms with Crippen molar-refractivity contribution in [2.75, 3.05) is 0 Å². The first-order chi connectivity index (χ1) is 6.10. The maximum absolute atomic E-state index is 6.03. The molecule has 0 amide bonds. The molecule has 2 nitrogen and oxygen atoms in total. The van der Waals surface area contributed by atoms with Crippen LogP contribution in [0, 0.1) is 0 Å². The molecule has 2 aliphatic rings. The fraction of sp³-hybridized carbons (Fsp3) is 0.636. The second-order valence-electron chi connectivity index (χ2n) is 4.14. The number of hydrogen-bond donors (Lipinski definition) is 2. The molecule has 0 aromatic carbocycles. The molecular formula is C11H18N2. The van der Waals surface area contributed by atoms with Gasteiger partial charge in [-0.1, -0.05) is 19.4 Å². The van der Waals surface area contributed by atoms with Crippen LogP contribution < -0.4 is 11.5 Å². The summed E-state index contributed by atoms with van der Waals surface area (Å²) in [5, 5.41) is 0. The van der Waals surface area contributed by atoms with Crippen molar-refractivity contribution < 1.29 is 0 Å². The van der Waals surface area contributed by atoms with Crippen molar-refractivity contribution in [3.05, 3.63) is 22.3 Å². The monoisotopic (exact) mass is 178 g/mol. The molecule has 13 heavy (non-hydrogen) atoms. The summed E-state index contributed by atoms with van der Waals surface area (Å²) in [7, 11) is 0. The van der Waals surface area contributed by atoms with Crippen LogP contribution in [-0.4, -0.2) is 5.66 Å². The van der Waals surface area contributed by atoms with Gasteiger partial charge >= 0.3 is 0 Å². The van der Waals surface area contributed by atoms with Gasteiger partial charge in [0.05, 0.1) is 5.66 Å². The Morgan fingerprint density at radius 1 is 1.15 bits per heavy atom. The van der Waals surface area contributed by atoms with Gasteiger partial charge in [0.25, 0.3) is 0 Å². The lowest BCUT2D eigenvalue weighted by molar-refractivity contribution is 0.540. The van der Waals surface area contributed by atoms with E-state index in [9.17, 15) is 0 Å². The van der Waals surface area contributed by atoms with Crippen LogP contribution in [0.5, 0.6) is 0 Å². The zero-order valence-corrected chi connectivity index (χ0v) is 8.48. The summed E-state index contributed by atoms with van der Waals surface area (Å²) in [6.45, 7) is 4.41. The second kappa shape index (κ2) is 2.69. The van der Waals surface area contributed by atoms with E-state index in [0.717, 1.165) is 25.7 Å². The van der Waals surface area contributed by atoms with Crippen molar-refractivity contribution in [3.63, 3.8) is 0 Å². The first kappa shape index (κ1) is 8.97. The van der Waals surface area contributed by atoms with Crippen molar-refractivity contribution >= 4 is 0 Å². The summed E-state index contributed by atoms with van der Waals surface area (Å²) in [4.78, 5) is 0. The molecule has 1 saturated carbocycles. The third-order valence-electron chi connectivity index (χ3n) is 3.32. The highest BCUT2D eigenvalue weighted by atomic mass is 15.0. The van der Waals surface area contributed by atoms with E-state index in [-0.39, 0.29) is 0 Å². The highest BCUT2D eigenvalue weighted by molar-refractivity contribution is 5.56. The minimum absolute atomic E-state index is 0.515. The predicted molar refractivity (Wildman–Crippen MR) is 55.0 cm³/mol. The van der Waals surface area contributed by atoms with Gasteiger partial charge in [0.2, 0.25) is 0 Å². The van der Waals surface area contributed by atoms with E-state index in [1.807, 2.05) is 0 Å². The number of rotatable bonds is 2. The van der Waals surface area contributed by atoms with E-state index < -0.39 is 5.66 Å². The molecule has 4 N–H and O–H groups in total. The van der Waals surface area contributed by atoms with Crippen molar-refractivity contribution in [3.8, 4) is 0 Å². The fourth-order valence-corrected chi connectivity index (χ4v) is 2.79. The second-order valence-corrected chi connectivity index (χ2v) is 4.14. The molecule has 1 fully saturated rings. The highest BCUT2D eigenvalue weighted by Crippen LogP contribution is 2.48. The molecule has 72 valence electrons. The van der Waals surface area contributed by atoms with Gasteiger partial charge in [-0.15, -0.1) is 0 Å². The van der Waals surface area contributed by atoms with Crippen molar-refractivity contribution in [2.24, 2.45) is 11.5 Å². The van der Waals surface area contributed by atoms with E-state index in [4.69, 9.17) is 11.5 Å². The minimum Gasteiger partial charge on any atom is -0.310 e. The standard InChI is InChI=1S/C11H18N2/c1-3-8-7-5-10(9(8)4-2)11(12,13)6-7/h3-6,12-13H2,1-2H3. The van der Waals surface area contributed by atoms with Crippen LogP contribution in [0.2, 0.25) is 0 Å². The van der Waals surface area contributed by atoms with E-state index in [0.29, 0.717) is 0 Å². The molecule has 0 spiro atoms. The Morgan fingerprint density at radius 2 is 1.77 bits per heavy atom. The number of allylic oxidation sites excluding steroid dienone is 2. The average Bonchev–Trinajstić information content (AvgIpc) is 2.55. The SMILES string of the molecule is CCC1=C2CC(=C1CC)C(N)(N)C2. The minimum atomic E-state index is -0.515. The largest absolute Gasteiger partial charge is 0.310 e. The van der Waals surface area contributed by atoms with Crippen molar-refractivity contribution in [1.82, 2.24) is 0 Å². The van der Waals surface area contributed by atoms with Gasteiger partial charge in [-0.2, -0.15) is 0 Å². The summed E-state index contributed by atoms with van der Waals surface area (Å²) in [6.07, 6.45) is 4.16. The Labute approximate surface area is 79.7 Å². The van der Waals surface area contributed by atoms with Gasteiger partial charge in [-0.25, -0.2) is 0 Å². The molecular weight excluding hydrogens is 160 g/mol.